The smallest absolute Gasteiger partial charge is 0.393 e. The minimum absolute atomic E-state index is 0. The van der Waals surface area contributed by atoms with Gasteiger partial charge in [0, 0.05) is 11.6 Å². The molecule has 1 aliphatic carbocycles. The number of rotatable bonds is 1. The predicted octanol–water partition coefficient (Wildman–Crippen LogP) is 1.33. The van der Waals surface area contributed by atoms with Crippen molar-refractivity contribution in [2.75, 3.05) is 0 Å². The normalized spacial score (nSPS) is 26.7. The van der Waals surface area contributed by atoms with E-state index in [4.69, 9.17) is 10.8 Å². The summed E-state index contributed by atoms with van der Waals surface area (Å²) in [5, 5.41) is 8.42. The molecule has 1 rings (SSSR count). The third kappa shape index (κ3) is 2.62. The fourth-order valence-corrected chi connectivity index (χ4v) is 1.28. The molecule has 0 radical (unpaired) electrons. The number of carboxylic acids is 1. The van der Waals surface area contributed by atoms with E-state index in [1.807, 2.05) is 0 Å². The van der Waals surface area contributed by atoms with Crippen LogP contribution in [0.5, 0.6) is 0 Å². The maximum Gasteiger partial charge on any atom is 0.393 e. The van der Waals surface area contributed by atoms with Gasteiger partial charge in [-0.3, -0.25) is 0 Å². The summed E-state index contributed by atoms with van der Waals surface area (Å²) in [5.41, 5.74) is 4.88. The third-order valence-corrected chi connectivity index (χ3v) is 1.99. The largest absolute Gasteiger partial charge is 0.478 e. The van der Waals surface area contributed by atoms with Gasteiger partial charge in [0.05, 0.1) is 5.92 Å². The molecule has 0 spiro atoms. The van der Waals surface area contributed by atoms with Gasteiger partial charge in [-0.25, -0.2) is 4.79 Å². The van der Waals surface area contributed by atoms with Crippen molar-refractivity contribution < 1.29 is 23.1 Å². The molecule has 0 heterocycles. The van der Waals surface area contributed by atoms with Crippen molar-refractivity contribution in [2.24, 2.45) is 11.7 Å². The van der Waals surface area contributed by atoms with Gasteiger partial charge in [0.1, 0.15) is 0 Å². The van der Waals surface area contributed by atoms with Crippen LogP contribution in [-0.2, 0) is 4.79 Å². The second kappa shape index (κ2) is 4.18. The molecular weight excluding hydrogens is 223 g/mol. The molecule has 0 unspecified atom stereocenters. The molecule has 3 nitrogen and oxygen atoms in total. The van der Waals surface area contributed by atoms with Gasteiger partial charge in [0.25, 0.3) is 0 Å². The highest BCUT2D eigenvalue weighted by molar-refractivity contribution is 5.87. The van der Waals surface area contributed by atoms with E-state index in [2.05, 4.69) is 0 Å². The van der Waals surface area contributed by atoms with Crippen LogP contribution in [0.4, 0.5) is 13.2 Å². The number of carboxylic acid groups (broad SMARTS) is 1. The lowest BCUT2D eigenvalue weighted by Crippen LogP contribution is -2.35. The van der Waals surface area contributed by atoms with E-state index < -0.39 is 30.5 Å². The first-order chi connectivity index (χ1) is 5.82. The van der Waals surface area contributed by atoms with Gasteiger partial charge in [-0.15, -0.1) is 12.4 Å². The van der Waals surface area contributed by atoms with Crippen LogP contribution in [-0.4, -0.2) is 23.3 Å². The summed E-state index contributed by atoms with van der Waals surface area (Å²) in [4.78, 5) is 10.3. The van der Waals surface area contributed by atoms with E-state index in [1.54, 1.807) is 0 Å². The standard InChI is InChI=1S/C7H8F3NO2.ClH/c8-7(9,10)4-1-3(6(12)13)2-5(4)11;/h2,4-5H,1,11H2,(H,12,13);1H/t4-,5+;/m1./s1. The number of alkyl halides is 3. The van der Waals surface area contributed by atoms with Crippen molar-refractivity contribution in [1.82, 2.24) is 0 Å². The van der Waals surface area contributed by atoms with Crippen LogP contribution >= 0.6 is 12.4 Å². The first-order valence-corrected chi connectivity index (χ1v) is 3.58. The van der Waals surface area contributed by atoms with Gasteiger partial charge in [0.2, 0.25) is 0 Å². The topological polar surface area (TPSA) is 63.3 Å². The molecule has 0 bridgehead atoms. The zero-order chi connectivity index (χ0) is 10.2. The molecule has 0 aromatic carbocycles. The van der Waals surface area contributed by atoms with Crippen molar-refractivity contribution in [3.05, 3.63) is 11.6 Å². The molecule has 0 saturated carbocycles. The Morgan fingerprint density at radius 3 is 2.29 bits per heavy atom. The molecule has 0 amide bonds. The molecule has 3 N–H and O–H groups in total. The number of aliphatic carboxylic acids is 1. The minimum Gasteiger partial charge on any atom is -0.478 e. The Balaban J connectivity index is 0.00000169. The molecule has 14 heavy (non-hydrogen) atoms. The van der Waals surface area contributed by atoms with Crippen LogP contribution in [0.1, 0.15) is 6.42 Å². The monoisotopic (exact) mass is 231 g/mol. The van der Waals surface area contributed by atoms with Crippen molar-refractivity contribution in [2.45, 2.75) is 18.6 Å². The quantitative estimate of drug-likeness (QED) is 0.716. The average Bonchev–Trinajstić information content (AvgIpc) is 2.29. The predicted molar refractivity (Wildman–Crippen MR) is 45.1 cm³/mol. The zero-order valence-electron chi connectivity index (χ0n) is 6.91. The lowest BCUT2D eigenvalue weighted by molar-refractivity contribution is -0.174. The molecular formula is C7H9ClF3NO2. The molecule has 0 aromatic rings. The van der Waals surface area contributed by atoms with Gasteiger partial charge in [-0.1, -0.05) is 6.08 Å². The zero-order valence-corrected chi connectivity index (χ0v) is 7.73. The Morgan fingerprint density at radius 1 is 1.57 bits per heavy atom. The number of nitrogens with two attached hydrogens (primary N) is 1. The van der Waals surface area contributed by atoms with E-state index in [9.17, 15) is 18.0 Å². The van der Waals surface area contributed by atoms with Gasteiger partial charge in [0.15, 0.2) is 0 Å². The van der Waals surface area contributed by atoms with Crippen molar-refractivity contribution in [3.63, 3.8) is 0 Å². The molecule has 0 aromatic heterocycles. The summed E-state index contributed by atoms with van der Waals surface area (Å²) in [6.07, 6.45) is -3.99. The summed E-state index contributed by atoms with van der Waals surface area (Å²) >= 11 is 0. The Bertz CT molecular complexity index is 264. The maximum atomic E-state index is 12.1. The summed E-state index contributed by atoms with van der Waals surface area (Å²) in [6, 6.07) is -1.23. The van der Waals surface area contributed by atoms with Crippen molar-refractivity contribution in [1.29, 1.82) is 0 Å². The van der Waals surface area contributed by atoms with E-state index in [-0.39, 0.29) is 18.0 Å². The summed E-state index contributed by atoms with van der Waals surface area (Å²) in [5.74, 6) is -3.08. The number of halogens is 4. The van der Waals surface area contributed by atoms with Crippen molar-refractivity contribution >= 4 is 18.4 Å². The van der Waals surface area contributed by atoms with E-state index in [0.717, 1.165) is 6.08 Å². The first-order valence-electron chi connectivity index (χ1n) is 3.58. The lowest BCUT2D eigenvalue weighted by atomic mass is 10.0. The first kappa shape index (κ1) is 13.2. The van der Waals surface area contributed by atoms with Crippen LogP contribution in [0.2, 0.25) is 0 Å². The van der Waals surface area contributed by atoms with Crippen LogP contribution in [0, 0.1) is 5.92 Å². The summed E-state index contributed by atoms with van der Waals surface area (Å²) < 4.78 is 36.4. The molecule has 1 aliphatic rings. The van der Waals surface area contributed by atoms with Gasteiger partial charge < -0.3 is 10.8 Å². The molecule has 0 fully saturated rings. The average molecular weight is 232 g/mol. The number of hydrogen-bond acceptors (Lipinski definition) is 2. The highest BCUT2D eigenvalue weighted by Crippen LogP contribution is 2.37. The van der Waals surface area contributed by atoms with E-state index in [0.29, 0.717) is 0 Å². The Labute approximate surface area is 84.2 Å². The number of hydrogen-bond donors (Lipinski definition) is 2. The fraction of sp³-hybridized carbons (Fsp3) is 0.571. The SMILES string of the molecule is Cl.N[C@H]1C=C(C(=O)O)C[C@H]1C(F)(F)F. The fourth-order valence-electron chi connectivity index (χ4n) is 1.28. The van der Waals surface area contributed by atoms with Crippen LogP contribution < -0.4 is 5.73 Å². The molecule has 7 heteroatoms. The van der Waals surface area contributed by atoms with Gasteiger partial charge in [-0.2, -0.15) is 13.2 Å². The summed E-state index contributed by atoms with van der Waals surface area (Å²) in [7, 11) is 0. The molecule has 0 aliphatic heterocycles. The minimum atomic E-state index is -4.42. The molecule has 82 valence electrons. The van der Waals surface area contributed by atoms with Crippen LogP contribution in [0.3, 0.4) is 0 Å². The van der Waals surface area contributed by atoms with E-state index in [1.165, 1.54) is 0 Å². The highest BCUT2D eigenvalue weighted by Gasteiger charge is 2.46. The van der Waals surface area contributed by atoms with Crippen LogP contribution in [0.25, 0.3) is 0 Å². The Hall–Kier alpha value is -0.750. The second-order valence-electron chi connectivity index (χ2n) is 2.93. The molecule has 0 saturated heterocycles. The third-order valence-electron chi connectivity index (χ3n) is 1.99. The highest BCUT2D eigenvalue weighted by atomic mass is 35.5. The summed E-state index contributed by atoms with van der Waals surface area (Å²) in [6.45, 7) is 0. The maximum absolute atomic E-state index is 12.1. The van der Waals surface area contributed by atoms with E-state index >= 15 is 0 Å². The Morgan fingerprint density at radius 2 is 2.07 bits per heavy atom. The van der Waals surface area contributed by atoms with Crippen LogP contribution in [0.15, 0.2) is 11.6 Å². The lowest BCUT2D eigenvalue weighted by Gasteiger charge is -2.18. The van der Waals surface area contributed by atoms with Gasteiger partial charge >= 0.3 is 12.1 Å². The number of carbonyl (C=O) groups is 1. The second-order valence-corrected chi connectivity index (χ2v) is 2.93. The molecule has 2 atom stereocenters. The van der Waals surface area contributed by atoms with Gasteiger partial charge in [-0.05, 0) is 6.42 Å². The van der Waals surface area contributed by atoms with Crippen molar-refractivity contribution in [3.8, 4) is 0 Å². The Kier molecular flexibility index (Phi) is 3.96.